The molecule has 0 aromatic carbocycles. The van der Waals surface area contributed by atoms with Crippen LogP contribution in [0.5, 0.6) is 0 Å². The second-order valence-corrected chi connectivity index (χ2v) is 6.02. The standard InChI is InChI=1S/C16H25N3O2/c1-13-17-6-5-14(18-13)11-15-3-4-16(21-15)12-19-7-2-9-20-10-8-19/h5-6,15-16H,2-4,7-12H2,1H3/t15-,16+/m0/s1. The normalized spacial score (nSPS) is 27.7. The monoisotopic (exact) mass is 291 g/mol. The summed E-state index contributed by atoms with van der Waals surface area (Å²) in [6.45, 7) is 6.91. The van der Waals surface area contributed by atoms with Gasteiger partial charge in [0.1, 0.15) is 5.82 Å². The van der Waals surface area contributed by atoms with E-state index in [0.717, 1.165) is 70.0 Å². The first-order valence-corrected chi connectivity index (χ1v) is 8.04. The highest BCUT2D eigenvalue weighted by molar-refractivity contribution is 5.03. The smallest absolute Gasteiger partial charge is 0.125 e. The highest BCUT2D eigenvalue weighted by Gasteiger charge is 2.27. The summed E-state index contributed by atoms with van der Waals surface area (Å²) in [6, 6.07) is 2.00. The summed E-state index contributed by atoms with van der Waals surface area (Å²) < 4.78 is 11.7. The van der Waals surface area contributed by atoms with E-state index in [1.807, 2.05) is 19.2 Å². The minimum absolute atomic E-state index is 0.313. The van der Waals surface area contributed by atoms with Gasteiger partial charge in [-0.25, -0.2) is 9.97 Å². The van der Waals surface area contributed by atoms with Gasteiger partial charge in [-0.3, -0.25) is 4.90 Å². The lowest BCUT2D eigenvalue weighted by Gasteiger charge is -2.23. The quantitative estimate of drug-likeness (QED) is 0.843. The first-order valence-electron chi connectivity index (χ1n) is 8.04. The van der Waals surface area contributed by atoms with Crippen LogP contribution in [0.1, 0.15) is 30.8 Å². The molecule has 5 nitrogen and oxygen atoms in total. The summed E-state index contributed by atoms with van der Waals surface area (Å²) in [4.78, 5) is 11.1. The molecule has 2 aliphatic heterocycles. The summed E-state index contributed by atoms with van der Waals surface area (Å²) in [6.07, 6.45) is 6.86. The molecule has 0 unspecified atom stereocenters. The Kier molecular flexibility index (Phi) is 5.17. The fourth-order valence-corrected chi connectivity index (χ4v) is 3.18. The predicted octanol–water partition coefficient (Wildman–Crippen LogP) is 1.60. The van der Waals surface area contributed by atoms with Gasteiger partial charge in [-0.15, -0.1) is 0 Å². The van der Waals surface area contributed by atoms with Crippen LogP contribution in [0.4, 0.5) is 0 Å². The van der Waals surface area contributed by atoms with Gasteiger partial charge < -0.3 is 9.47 Å². The summed E-state index contributed by atoms with van der Waals surface area (Å²) in [5.74, 6) is 0.839. The summed E-state index contributed by atoms with van der Waals surface area (Å²) in [5, 5.41) is 0. The maximum absolute atomic E-state index is 6.21. The first-order chi connectivity index (χ1) is 10.3. The lowest BCUT2D eigenvalue weighted by atomic mass is 10.1. The van der Waals surface area contributed by atoms with Crippen molar-refractivity contribution in [3.05, 3.63) is 23.8 Å². The Bertz CT molecular complexity index is 447. The van der Waals surface area contributed by atoms with Gasteiger partial charge in [0.15, 0.2) is 0 Å². The van der Waals surface area contributed by atoms with E-state index in [9.17, 15) is 0 Å². The topological polar surface area (TPSA) is 47.5 Å². The fraction of sp³-hybridized carbons (Fsp3) is 0.750. The molecule has 116 valence electrons. The second-order valence-electron chi connectivity index (χ2n) is 6.02. The van der Waals surface area contributed by atoms with E-state index < -0.39 is 0 Å². The van der Waals surface area contributed by atoms with E-state index in [2.05, 4.69) is 14.9 Å². The Morgan fingerprint density at radius 3 is 3.05 bits per heavy atom. The van der Waals surface area contributed by atoms with Crippen molar-refractivity contribution in [3.8, 4) is 0 Å². The Morgan fingerprint density at radius 1 is 1.24 bits per heavy atom. The molecule has 2 saturated heterocycles. The van der Waals surface area contributed by atoms with Crippen molar-refractivity contribution < 1.29 is 9.47 Å². The van der Waals surface area contributed by atoms with E-state index in [0.29, 0.717) is 12.2 Å². The Hall–Kier alpha value is -1.04. The van der Waals surface area contributed by atoms with Crippen molar-refractivity contribution in [2.24, 2.45) is 0 Å². The molecule has 0 radical (unpaired) electrons. The van der Waals surface area contributed by atoms with Gasteiger partial charge >= 0.3 is 0 Å². The summed E-state index contributed by atoms with van der Waals surface area (Å²) in [7, 11) is 0. The molecule has 5 heteroatoms. The van der Waals surface area contributed by atoms with Crippen LogP contribution in [0, 0.1) is 6.92 Å². The molecule has 3 rings (SSSR count). The molecule has 2 aliphatic rings. The SMILES string of the molecule is Cc1nccc(C[C@@H]2CC[C@H](CN3CCCOCC3)O2)n1. The van der Waals surface area contributed by atoms with E-state index in [1.165, 1.54) is 0 Å². The van der Waals surface area contributed by atoms with Crippen LogP contribution in [0.3, 0.4) is 0 Å². The minimum atomic E-state index is 0.313. The second kappa shape index (κ2) is 7.29. The van der Waals surface area contributed by atoms with Gasteiger partial charge in [-0.1, -0.05) is 0 Å². The van der Waals surface area contributed by atoms with Crippen LogP contribution in [-0.4, -0.2) is 59.9 Å². The highest BCUT2D eigenvalue weighted by atomic mass is 16.5. The molecule has 2 atom stereocenters. The van der Waals surface area contributed by atoms with Gasteiger partial charge in [-0.05, 0) is 32.3 Å². The zero-order valence-electron chi connectivity index (χ0n) is 12.8. The lowest BCUT2D eigenvalue weighted by molar-refractivity contribution is 0.0224. The predicted molar refractivity (Wildman–Crippen MR) is 80.2 cm³/mol. The Labute approximate surface area is 126 Å². The number of rotatable bonds is 4. The van der Waals surface area contributed by atoms with Gasteiger partial charge in [-0.2, -0.15) is 0 Å². The average Bonchev–Trinajstić information content (AvgIpc) is 2.73. The number of aromatic nitrogens is 2. The van der Waals surface area contributed by atoms with Crippen molar-refractivity contribution in [1.29, 1.82) is 0 Å². The van der Waals surface area contributed by atoms with Crippen LogP contribution >= 0.6 is 0 Å². The van der Waals surface area contributed by atoms with Crippen LogP contribution in [0.15, 0.2) is 12.3 Å². The highest BCUT2D eigenvalue weighted by Crippen LogP contribution is 2.23. The average molecular weight is 291 g/mol. The first kappa shape index (κ1) is 14.9. The summed E-state index contributed by atoms with van der Waals surface area (Å²) in [5.41, 5.74) is 1.09. The number of hydrogen-bond acceptors (Lipinski definition) is 5. The molecule has 21 heavy (non-hydrogen) atoms. The van der Waals surface area contributed by atoms with Gasteiger partial charge in [0.05, 0.1) is 18.8 Å². The third kappa shape index (κ3) is 4.46. The van der Waals surface area contributed by atoms with Crippen LogP contribution in [0.2, 0.25) is 0 Å². The van der Waals surface area contributed by atoms with E-state index in [-0.39, 0.29) is 0 Å². The minimum Gasteiger partial charge on any atom is -0.380 e. The molecule has 0 aliphatic carbocycles. The zero-order valence-corrected chi connectivity index (χ0v) is 12.8. The zero-order chi connectivity index (χ0) is 14.5. The molecule has 0 saturated carbocycles. The van der Waals surface area contributed by atoms with E-state index >= 15 is 0 Å². The number of nitrogens with zero attached hydrogens (tertiary/aromatic N) is 3. The number of aryl methyl sites for hydroxylation is 1. The molecule has 0 bridgehead atoms. The summed E-state index contributed by atoms with van der Waals surface area (Å²) >= 11 is 0. The number of hydrogen-bond donors (Lipinski definition) is 0. The molecular weight excluding hydrogens is 266 g/mol. The van der Waals surface area contributed by atoms with Crippen molar-refractivity contribution in [3.63, 3.8) is 0 Å². The Morgan fingerprint density at radius 2 is 2.14 bits per heavy atom. The third-order valence-corrected chi connectivity index (χ3v) is 4.24. The van der Waals surface area contributed by atoms with Gasteiger partial charge in [0.2, 0.25) is 0 Å². The van der Waals surface area contributed by atoms with Crippen molar-refractivity contribution in [2.45, 2.75) is 44.8 Å². The van der Waals surface area contributed by atoms with Crippen molar-refractivity contribution >= 4 is 0 Å². The Balaban J connectivity index is 1.46. The lowest BCUT2D eigenvalue weighted by Crippen LogP contribution is -2.34. The van der Waals surface area contributed by atoms with Gasteiger partial charge in [0.25, 0.3) is 0 Å². The van der Waals surface area contributed by atoms with Crippen molar-refractivity contribution in [1.82, 2.24) is 14.9 Å². The molecule has 3 heterocycles. The van der Waals surface area contributed by atoms with E-state index in [4.69, 9.17) is 9.47 Å². The maximum Gasteiger partial charge on any atom is 0.125 e. The molecule has 1 aromatic rings. The third-order valence-electron chi connectivity index (χ3n) is 4.24. The molecule has 0 amide bonds. The number of ether oxygens (including phenoxy) is 2. The maximum atomic E-state index is 6.21. The molecular formula is C16H25N3O2. The van der Waals surface area contributed by atoms with Crippen LogP contribution < -0.4 is 0 Å². The fourth-order valence-electron chi connectivity index (χ4n) is 3.18. The van der Waals surface area contributed by atoms with Crippen LogP contribution in [0.25, 0.3) is 0 Å². The van der Waals surface area contributed by atoms with Gasteiger partial charge in [0, 0.05) is 44.6 Å². The molecule has 2 fully saturated rings. The van der Waals surface area contributed by atoms with E-state index in [1.54, 1.807) is 0 Å². The largest absolute Gasteiger partial charge is 0.380 e. The molecule has 0 N–H and O–H groups in total. The van der Waals surface area contributed by atoms with Crippen LogP contribution in [-0.2, 0) is 15.9 Å². The van der Waals surface area contributed by atoms with Crippen molar-refractivity contribution in [2.75, 3.05) is 32.8 Å². The molecule has 0 spiro atoms. The molecule has 1 aromatic heterocycles.